The van der Waals surface area contributed by atoms with Gasteiger partial charge in [0.05, 0.1) is 6.04 Å². The van der Waals surface area contributed by atoms with Crippen LogP contribution in [0.3, 0.4) is 0 Å². The molecule has 1 aliphatic carbocycles. The number of aromatic nitrogens is 1. The number of fused-ring (bicyclic) bond motifs is 1. The van der Waals surface area contributed by atoms with Crippen molar-refractivity contribution in [2.45, 2.75) is 38.6 Å². The number of H-pyrrole nitrogens is 1. The average Bonchev–Trinajstić information content (AvgIpc) is 2.97. The quantitative estimate of drug-likeness (QED) is 0.628. The molecule has 3 N–H and O–H groups in total. The smallest absolute Gasteiger partial charge is 0.0785 e. The summed E-state index contributed by atoms with van der Waals surface area (Å²) in [6, 6.07) is 8.94. The fourth-order valence-corrected chi connectivity index (χ4v) is 4.46. The molecule has 0 bridgehead atoms. The van der Waals surface area contributed by atoms with Crippen molar-refractivity contribution in [3.05, 3.63) is 67.9 Å². The van der Waals surface area contributed by atoms with Gasteiger partial charge in [0, 0.05) is 28.4 Å². The van der Waals surface area contributed by atoms with Crippen molar-refractivity contribution in [1.82, 2.24) is 4.98 Å². The van der Waals surface area contributed by atoms with Crippen LogP contribution in [0.5, 0.6) is 0 Å². The summed E-state index contributed by atoms with van der Waals surface area (Å²) >= 11 is 0. The third-order valence-electron chi connectivity index (χ3n) is 5.91. The Morgan fingerprint density at radius 2 is 2.17 bits per heavy atom. The van der Waals surface area contributed by atoms with Crippen molar-refractivity contribution in [2.75, 3.05) is 0 Å². The van der Waals surface area contributed by atoms with Crippen molar-refractivity contribution in [2.24, 2.45) is 11.3 Å². The molecule has 2 nitrogen and oxygen atoms in total. The summed E-state index contributed by atoms with van der Waals surface area (Å²) in [6.45, 7) is 12.9. The van der Waals surface area contributed by atoms with Gasteiger partial charge in [0.2, 0.25) is 0 Å². The third-order valence-corrected chi connectivity index (χ3v) is 5.91. The number of para-hydroxylation sites is 1. The number of benzene rings is 1. The number of quaternary nitrogens is 1. The molecule has 0 spiro atoms. The summed E-state index contributed by atoms with van der Waals surface area (Å²) < 4.78 is 0. The highest BCUT2D eigenvalue weighted by Crippen LogP contribution is 2.49. The van der Waals surface area contributed by atoms with Gasteiger partial charge in [-0.1, -0.05) is 43.4 Å². The number of allylic oxidation sites excluding steroid dienone is 1. The summed E-state index contributed by atoms with van der Waals surface area (Å²) in [7, 11) is 4.17. The average molecular weight is 308 g/mol. The fourth-order valence-electron chi connectivity index (χ4n) is 4.46. The molecule has 23 heavy (non-hydrogen) atoms. The molecule has 1 heterocycles. The lowest BCUT2D eigenvalue weighted by molar-refractivity contribution is -0.653. The normalized spacial score (nSPS) is 31.2. The molecule has 1 fully saturated rings. The molecule has 2 aromatic rings. The zero-order valence-electron chi connectivity index (χ0n) is 14.3. The second kappa shape index (κ2) is 6.01. The Kier molecular flexibility index (Phi) is 4.20. The fraction of sp³-hybridized carbons (Fsp3) is 0.381. The predicted octanol–water partition coefficient (Wildman–Crippen LogP) is 4.15. The van der Waals surface area contributed by atoms with E-state index in [1.54, 1.807) is 0 Å². The van der Waals surface area contributed by atoms with E-state index >= 15 is 0 Å². The van der Waals surface area contributed by atoms with Crippen LogP contribution in [0.25, 0.3) is 10.9 Å². The van der Waals surface area contributed by atoms with Crippen molar-refractivity contribution in [3.8, 4) is 0 Å². The molecule has 0 saturated heterocycles. The lowest BCUT2D eigenvalue weighted by Gasteiger charge is -2.47. The van der Waals surface area contributed by atoms with Gasteiger partial charge in [0.25, 0.3) is 0 Å². The van der Waals surface area contributed by atoms with Crippen LogP contribution in [0.15, 0.2) is 55.3 Å². The van der Waals surface area contributed by atoms with E-state index in [2.05, 4.69) is 80.9 Å². The molecule has 0 radical (unpaired) electrons. The minimum atomic E-state index is 0.0940. The molecule has 1 aromatic heterocycles. The van der Waals surface area contributed by atoms with E-state index in [-0.39, 0.29) is 5.41 Å². The number of nitrogens with one attached hydrogen (secondary N) is 1. The van der Waals surface area contributed by atoms with Gasteiger partial charge in [-0.2, -0.15) is 7.05 Å². The first-order valence-corrected chi connectivity index (χ1v) is 8.49. The van der Waals surface area contributed by atoms with Crippen LogP contribution in [-0.4, -0.2) is 11.0 Å². The van der Waals surface area contributed by atoms with E-state index in [1.807, 2.05) is 0 Å². The third kappa shape index (κ3) is 2.55. The van der Waals surface area contributed by atoms with Gasteiger partial charge in [-0.15, -0.1) is 6.58 Å². The zero-order valence-corrected chi connectivity index (χ0v) is 14.3. The summed E-state index contributed by atoms with van der Waals surface area (Å²) in [5, 5.41) is 3.47. The van der Waals surface area contributed by atoms with Crippen molar-refractivity contribution in [3.63, 3.8) is 0 Å². The lowest BCUT2D eigenvalue weighted by atomic mass is 9.59. The van der Waals surface area contributed by atoms with Gasteiger partial charge in [0.15, 0.2) is 0 Å². The summed E-state index contributed by atoms with van der Waals surface area (Å²) in [5.74, 6) is 0.892. The van der Waals surface area contributed by atoms with Crippen molar-refractivity contribution >= 4 is 10.9 Å². The van der Waals surface area contributed by atoms with E-state index in [0.29, 0.717) is 17.9 Å². The molecule has 1 aliphatic rings. The molecule has 1 aromatic carbocycles. The summed E-state index contributed by atoms with van der Waals surface area (Å²) in [5.41, 5.74) is 3.97. The van der Waals surface area contributed by atoms with Gasteiger partial charge >= 0.3 is 0 Å². The van der Waals surface area contributed by atoms with Crippen LogP contribution in [0.1, 0.15) is 38.2 Å². The Labute approximate surface area is 139 Å². The van der Waals surface area contributed by atoms with E-state index in [1.165, 1.54) is 22.0 Å². The van der Waals surface area contributed by atoms with Crippen LogP contribution in [0, 0.1) is 18.4 Å². The molecule has 122 valence electrons. The second-order valence-corrected chi connectivity index (χ2v) is 7.28. The molecule has 1 saturated carbocycles. The van der Waals surface area contributed by atoms with Gasteiger partial charge in [-0.3, -0.25) is 0 Å². The molecular weight excluding hydrogens is 280 g/mol. The maximum atomic E-state index is 4.29. The number of aromatic amines is 1. The van der Waals surface area contributed by atoms with Crippen molar-refractivity contribution in [1.29, 1.82) is 0 Å². The highest BCUT2D eigenvalue weighted by Gasteiger charge is 2.47. The monoisotopic (exact) mass is 308 g/mol. The molecule has 4 atom stereocenters. The first-order chi connectivity index (χ1) is 11.0. The first-order valence-electron chi connectivity index (χ1n) is 8.49. The number of nitrogens with two attached hydrogens (primary N) is 1. The van der Waals surface area contributed by atoms with Gasteiger partial charge < -0.3 is 10.3 Å². The van der Waals surface area contributed by atoms with E-state index in [0.717, 1.165) is 12.8 Å². The van der Waals surface area contributed by atoms with E-state index < -0.39 is 0 Å². The van der Waals surface area contributed by atoms with Gasteiger partial charge in [0.1, 0.15) is 0 Å². The minimum Gasteiger partial charge on any atom is -0.475 e. The van der Waals surface area contributed by atoms with E-state index in [4.69, 9.17) is 0 Å². The Morgan fingerprint density at radius 1 is 1.43 bits per heavy atom. The highest BCUT2D eigenvalue weighted by atomic mass is 14.9. The van der Waals surface area contributed by atoms with Crippen LogP contribution in [0.2, 0.25) is 0 Å². The van der Waals surface area contributed by atoms with Crippen LogP contribution in [0.4, 0.5) is 0 Å². The second-order valence-electron chi connectivity index (χ2n) is 7.28. The Morgan fingerprint density at radius 3 is 2.83 bits per heavy atom. The summed E-state index contributed by atoms with van der Waals surface area (Å²) in [4.78, 5) is 3.45. The molecule has 0 amide bonds. The summed E-state index contributed by atoms with van der Waals surface area (Å²) in [6.07, 6.45) is 6.63. The van der Waals surface area contributed by atoms with Gasteiger partial charge in [-0.25, -0.2) is 0 Å². The standard InChI is InChI=1S/C21H28N2/c1-6-21(4)12-11-15(14(2)3)19(20(21)22-5)17-13-23-18-10-8-7-9-16(17)18/h6-10,13,15,19-20,23H,1-2,5,11-12,22H2,3-4H3/t15-,19+,20-,21-/m1/s1. The number of rotatable bonds is 4. The molecule has 2 heteroatoms. The Balaban J connectivity index is 2.16. The van der Waals surface area contributed by atoms with Crippen LogP contribution in [-0.2, 0) is 0 Å². The van der Waals surface area contributed by atoms with Crippen LogP contribution >= 0.6 is 0 Å². The predicted molar refractivity (Wildman–Crippen MR) is 98.0 cm³/mol. The molecule has 0 unspecified atom stereocenters. The maximum Gasteiger partial charge on any atom is 0.0785 e. The first kappa shape index (κ1) is 16.1. The highest BCUT2D eigenvalue weighted by molar-refractivity contribution is 5.83. The molecular formula is C21H28N2. The Bertz CT molecular complexity index is 726. The largest absolute Gasteiger partial charge is 0.475 e. The van der Waals surface area contributed by atoms with Crippen LogP contribution < -0.4 is 5.32 Å². The minimum absolute atomic E-state index is 0.0940. The topological polar surface area (TPSA) is 32.4 Å². The number of hydrogen-bond donors (Lipinski definition) is 2. The zero-order chi connectivity index (χ0) is 16.6. The molecule has 0 aliphatic heterocycles. The lowest BCUT2D eigenvalue weighted by Crippen LogP contribution is -2.89. The molecule has 3 rings (SSSR count). The van der Waals surface area contributed by atoms with Crippen molar-refractivity contribution < 1.29 is 5.32 Å². The maximum absolute atomic E-state index is 4.29. The SMILES string of the molecule is C=C[C@]1(C)CC[C@H](C(=C)C)[C@@H](c2c[nH]c3ccccc23)[C@H]1[NH2+][CH2-]. The van der Waals surface area contributed by atoms with E-state index in [9.17, 15) is 0 Å². The Hall–Kier alpha value is -1.80. The van der Waals surface area contributed by atoms with Gasteiger partial charge in [-0.05, 0) is 37.3 Å². The number of hydrogen-bond acceptors (Lipinski definition) is 0.